The zero-order valence-electron chi connectivity index (χ0n) is 11.4. The van der Waals surface area contributed by atoms with Crippen molar-refractivity contribution in [2.45, 2.75) is 31.0 Å². The Morgan fingerprint density at radius 1 is 1.40 bits per heavy atom. The van der Waals surface area contributed by atoms with Gasteiger partial charge in [0.15, 0.2) is 5.16 Å². The molecule has 0 saturated heterocycles. The van der Waals surface area contributed by atoms with Crippen molar-refractivity contribution in [1.82, 2.24) is 9.55 Å². The number of aromatic nitrogens is 2. The van der Waals surface area contributed by atoms with Gasteiger partial charge in [0.05, 0.1) is 11.8 Å². The number of nitrogens with zero attached hydrogens (tertiary/aromatic N) is 2. The molecule has 0 spiro atoms. The van der Waals surface area contributed by atoms with E-state index in [0.29, 0.717) is 0 Å². The van der Waals surface area contributed by atoms with E-state index in [9.17, 15) is 4.79 Å². The van der Waals surface area contributed by atoms with Gasteiger partial charge in [0.2, 0.25) is 0 Å². The predicted molar refractivity (Wildman–Crippen MR) is 80.1 cm³/mol. The summed E-state index contributed by atoms with van der Waals surface area (Å²) in [4.78, 5) is 15.0. The van der Waals surface area contributed by atoms with Crippen LogP contribution in [0.4, 0.5) is 0 Å². The Labute approximate surface area is 122 Å². The first kappa shape index (κ1) is 14.7. The van der Waals surface area contributed by atoms with Crippen LogP contribution >= 0.6 is 11.8 Å². The number of imidazole rings is 1. The van der Waals surface area contributed by atoms with Crippen molar-refractivity contribution in [1.29, 1.82) is 0 Å². The predicted octanol–water partition coefficient (Wildman–Crippen LogP) is 3.45. The summed E-state index contributed by atoms with van der Waals surface area (Å²) in [5.41, 5.74) is 1.23. The van der Waals surface area contributed by atoms with Crippen LogP contribution in [0.2, 0.25) is 0 Å². The third kappa shape index (κ3) is 3.63. The van der Waals surface area contributed by atoms with Gasteiger partial charge >= 0.3 is 5.97 Å². The highest BCUT2D eigenvalue weighted by Crippen LogP contribution is 2.28. The number of hydrogen-bond donors (Lipinski definition) is 1. The second kappa shape index (κ2) is 7.14. The smallest absolute Gasteiger partial charge is 0.313 e. The summed E-state index contributed by atoms with van der Waals surface area (Å²) in [7, 11) is 0. The van der Waals surface area contributed by atoms with E-state index < -0.39 is 5.97 Å². The van der Waals surface area contributed by atoms with Crippen LogP contribution in [0, 0.1) is 0 Å². The van der Waals surface area contributed by atoms with Crippen LogP contribution in [0.15, 0.2) is 47.9 Å². The summed E-state index contributed by atoms with van der Waals surface area (Å²) < 4.78 is 2.08. The molecule has 4 nitrogen and oxygen atoms in total. The normalized spacial score (nSPS) is 12.2. The second-order valence-corrected chi connectivity index (χ2v) is 5.46. The molecule has 5 heteroatoms. The Hall–Kier alpha value is -1.75. The van der Waals surface area contributed by atoms with Crippen molar-refractivity contribution in [2.24, 2.45) is 0 Å². The molecule has 0 amide bonds. The first-order valence-corrected chi connectivity index (χ1v) is 7.63. The minimum atomic E-state index is -0.823. The zero-order chi connectivity index (χ0) is 14.4. The molecule has 0 radical (unpaired) electrons. The van der Waals surface area contributed by atoms with Crippen molar-refractivity contribution < 1.29 is 9.90 Å². The first-order valence-electron chi connectivity index (χ1n) is 6.64. The van der Waals surface area contributed by atoms with E-state index in [-0.39, 0.29) is 11.8 Å². The molecule has 1 aromatic carbocycles. The van der Waals surface area contributed by atoms with Crippen LogP contribution in [-0.4, -0.2) is 26.4 Å². The first-order chi connectivity index (χ1) is 9.72. The van der Waals surface area contributed by atoms with Crippen LogP contribution in [0.25, 0.3) is 0 Å². The summed E-state index contributed by atoms with van der Waals surface area (Å²) in [6, 6.07) is 10.5. The molecule has 1 atom stereocenters. The lowest BCUT2D eigenvalue weighted by Gasteiger charge is -2.20. The van der Waals surface area contributed by atoms with Gasteiger partial charge in [-0.05, 0) is 12.0 Å². The Morgan fingerprint density at radius 2 is 2.15 bits per heavy atom. The van der Waals surface area contributed by atoms with Gasteiger partial charge in [-0.1, -0.05) is 55.4 Å². The summed E-state index contributed by atoms with van der Waals surface area (Å²) >= 11 is 1.26. The minimum Gasteiger partial charge on any atom is -0.481 e. The van der Waals surface area contributed by atoms with Crippen molar-refractivity contribution in [3.8, 4) is 0 Å². The molecule has 0 aliphatic heterocycles. The van der Waals surface area contributed by atoms with Gasteiger partial charge in [0, 0.05) is 12.4 Å². The molecule has 0 aliphatic rings. The quantitative estimate of drug-likeness (QED) is 0.794. The van der Waals surface area contributed by atoms with Crippen molar-refractivity contribution in [3.63, 3.8) is 0 Å². The molecule has 0 fully saturated rings. The number of aliphatic carboxylic acids is 1. The second-order valence-electron chi connectivity index (χ2n) is 4.51. The zero-order valence-corrected chi connectivity index (χ0v) is 12.2. The van der Waals surface area contributed by atoms with E-state index in [0.717, 1.165) is 18.0 Å². The molecular formula is C15H18N2O2S. The van der Waals surface area contributed by atoms with E-state index in [1.54, 1.807) is 6.20 Å². The average molecular weight is 290 g/mol. The van der Waals surface area contributed by atoms with E-state index in [4.69, 9.17) is 5.11 Å². The molecule has 106 valence electrons. The van der Waals surface area contributed by atoms with Gasteiger partial charge in [0.1, 0.15) is 0 Å². The van der Waals surface area contributed by atoms with Crippen LogP contribution in [0.5, 0.6) is 0 Å². The lowest BCUT2D eigenvalue weighted by Crippen LogP contribution is -2.11. The molecule has 1 unspecified atom stereocenters. The number of carbonyl (C=O) groups is 1. The van der Waals surface area contributed by atoms with Crippen LogP contribution < -0.4 is 0 Å². The van der Waals surface area contributed by atoms with Gasteiger partial charge in [-0.15, -0.1) is 0 Å². The van der Waals surface area contributed by atoms with E-state index in [1.807, 2.05) is 24.4 Å². The molecule has 0 saturated carbocycles. The maximum atomic E-state index is 10.7. The lowest BCUT2D eigenvalue weighted by molar-refractivity contribution is -0.133. The topological polar surface area (TPSA) is 55.1 Å². The Kier molecular flexibility index (Phi) is 5.24. The van der Waals surface area contributed by atoms with Crippen LogP contribution in [-0.2, 0) is 4.79 Å². The molecule has 0 aliphatic carbocycles. The van der Waals surface area contributed by atoms with Gasteiger partial charge in [-0.25, -0.2) is 4.98 Å². The number of carboxylic acid groups (broad SMARTS) is 1. The van der Waals surface area contributed by atoms with Crippen molar-refractivity contribution >= 4 is 17.7 Å². The molecule has 1 aromatic heterocycles. The number of carboxylic acids is 1. The fourth-order valence-electron chi connectivity index (χ4n) is 2.19. The highest BCUT2D eigenvalue weighted by atomic mass is 32.2. The van der Waals surface area contributed by atoms with Crippen LogP contribution in [0.3, 0.4) is 0 Å². The number of thioether (sulfide) groups is 1. The third-order valence-corrected chi connectivity index (χ3v) is 4.01. The average Bonchev–Trinajstić information content (AvgIpc) is 2.91. The third-order valence-electron chi connectivity index (χ3n) is 3.04. The number of rotatable bonds is 7. The Balaban J connectivity index is 2.26. The molecule has 1 heterocycles. The molecule has 1 N–H and O–H groups in total. The monoisotopic (exact) mass is 290 g/mol. The van der Waals surface area contributed by atoms with Gasteiger partial charge < -0.3 is 9.67 Å². The Bertz CT molecular complexity index is 554. The summed E-state index contributed by atoms with van der Waals surface area (Å²) in [6.07, 6.45) is 5.72. The molecular weight excluding hydrogens is 272 g/mol. The van der Waals surface area contributed by atoms with Crippen LogP contribution in [0.1, 0.15) is 31.4 Å². The molecule has 2 rings (SSSR count). The minimum absolute atomic E-state index is 0.0324. The lowest BCUT2D eigenvalue weighted by atomic mass is 10.0. The SMILES string of the molecule is CCCC(c1ccccc1)n1ccnc1SCC(=O)O. The molecule has 0 bridgehead atoms. The fraction of sp³-hybridized carbons (Fsp3) is 0.333. The van der Waals surface area contributed by atoms with Crippen molar-refractivity contribution in [3.05, 3.63) is 48.3 Å². The number of hydrogen-bond acceptors (Lipinski definition) is 3. The largest absolute Gasteiger partial charge is 0.481 e. The van der Waals surface area contributed by atoms with Gasteiger partial charge in [-0.2, -0.15) is 0 Å². The highest BCUT2D eigenvalue weighted by molar-refractivity contribution is 7.99. The highest BCUT2D eigenvalue weighted by Gasteiger charge is 2.16. The number of benzene rings is 1. The fourth-order valence-corrected chi connectivity index (χ4v) is 2.91. The van der Waals surface area contributed by atoms with Crippen molar-refractivity contribution in [2.75, 3.05) is 5.75 Å². The maximum absolute atomic E-state index is 10.7. The van der Waals surface area contributed by atoms with Gasteiger partial charge in [0.25, 0.3) is 0 Å². The molecule has 20 heavy (non-hydrogen) atoms. The summed E-state index contributed by atoms with van der Waals surface area (Å²) in [5.74, 6) is -0.790. The van der Waals surface area contributed by atoms with E-state index in [1.165, 1.54) is 17.3 Å². The maximum Gasteiger partial charge on any atom is 0.313 e. The molecule has 2 aromatic rings. The van der Waals surface area contributed by atoms with E-state index >= 15 is 0 Å². The summed E-state index contributed by atoms with van der Waals surface area (Å²) in [5, 5.41) is 9.56. The van der Waals surface area contributed by atoms with E-state index in [2.05, 4.69) is 28.6 Å². The summed E-state index contributed by atoms with van der Waals surface area (Å²) in [6.45, 7) is 2.15. The van der Waals surface area contributed by atoms with Gasteiger partial charge in [-0.3, -0.25) is 4.79 Å². The standard InChI is InChI=1S/C15H18N2O2S/c1-2-6-13(12-7-4-3-5-8-12)17-10-9-16-15(17)20-11-14(18)19/h3-5,7-10,13H,2,6,11H2,1H3,(H,18,19). The Morgan fingerprint density at radius 3 is 2.80 bits per heavy atom.